The Morgan fingerprint density at radius 3 is 2.44 bits per heavy atom. The lowest BCUT2D eigenvalue weighted by Crippen LogP contribution is -2.18. The molecule has 0 saturated carbocycles. The van der Waals surface area contributed by atoms with Gasteiger partial charge in [0.25, 0.3) is 5.91 Å². The van der Waals surface area contributed by atoms with E-state index in [9.17, 15) is 22.2 Å². The number of benzene rings is 2. The monoisotopic (exact) mass is 480 g/mol. The minimum absolute atomic E-state index is 0.121. The van der Waals surface area contributed by atoms with Crippen molar-refractivity contribution in [3.05, 3.63) is 65.7 Å². The summed E-state index contributed by atoms with van der Waals surface area (Å²) in [4.78, 5) is 37.6. The molecule has 1 amide bonds. The highest BCUT2D eigenvalue weighted by Gasteiger charge is 2.29. The standard InChI is InChI=1S/C19H18FN4O6PS/c1-11-2-4-12(5-3-11)15-9-22-18(21)17(24-15)19(25)23-13-6-7-16(14(20)8-13)32(29,30)10-31(26,27)28/h2-9H,10H2,1H3,(H2,21,22)(H,23,25)(H2,26,27,28). The second-order valence-electron chi connectivity index (χ2n) is 6.86. The lowest BCUT2D eigenvalue weighted by Gasteiger charge is -2.11. The molecule has 0 spiro atoms. The van der Waals surface area contributed by atoms with Gasteiger partial charge in [-0.3, -0.25) is 9.36 Å². The molecule has 1 heterocycles. The highest BCUT2D eigenvalue weighted by molar-refractivity contribution is 7.97. The Hall–Kier alpha value is -3.18. The molecule has 32 heavy (non-hydrogen) atoms. The average Bonchev–Trinajstić information content (AvgIpc) is 2.67. The van der Waals surface area contributed by atoms with Crippen molar-refractivity contribution in [2.24, 2.45) is 0 Å². The zero-order chi connectivity index (χ0) is 23.7. The Balaban J connectivity index is 1.86. The third kappa shape index (κ3) is 5.54. The summed E-state index contributed by atoms with van der Waals surface area (Å²) >= 11 is 0. The van der Waals surface area contributed by atoms with Crippen LogP contribution in [0, 0.1) is 12.7 Å². The van der Waals surface area contributed by atoms with Crippen LogP contribution in [0.3, 0.4) is 0 Å². The molecule has 0 aliphatic heterocycles. The number of nitrogens with one attached hydrogen (secondary N) is 1. The van der Waals surface area contributed by atoms with Crippen molar-refractivity contribution < 1.29 is 32.0 Å². The van der Waals surface area contributed by atoms with E-state index in [0.29, 0.717) is 17.3 Å². The predicted molar refractivity (Wildman–Crippen MR) is 115 cm³/mol. The van der Waals surface area contributed by atoms with Crippen molar-refractivity contribution in [2.75, 3.05) is 16.5 Å². The molecular formula is C19H18FN4O6PS. The van der Waals surface area contributed by atoms with E-state index in [-0.39, 0.29) is 17.2 Å². The zero-order valence-corrected chi connectivity index (χ0v) is 18.3. The van der Waals surface area contributed by atoms with E-state index in [1.54, 1.807) is 12.1 Å². The van der Waals surface area contributed by atoms with Gasteiger partial charge in [0.15, 0.2) is 26.8 Å². The summed E-state index contributed by atoms with van der Waals surface area (Å²) in [6, 6.07) is 9.88. The van der Waals surface area contributed by atoms with Gasteiger partial charge >= 0.3 is 7.60 Å². The molecule has 2 aromatic carbocycles. The van der Waals surface area contributed by atoms with Crippen LogP contribution in [0.4, 0.5) is 15.9 Å². The van der Waals surface area contributed by atoms with Crippen LogP contribution in [0.1, 0.15) is 16.1 Å². The Morgan fingerprint density at radius 2 is 1.84 bits per heavy atom. The summed E-state index contributed by atoms with van der Waals surface area (Å²) in [6.07, 6.45) is 1.40. The predicted octanol–water partition coefficient (Wildman–Crippen LogP) is 2.33. The molecule has 0 aliphatic rings. The summed E-state index contributed by atoms with van der Waals surface area (Å²) in [5.41, 5.74) is 5.98. The number of carbonyl (C=O) groups excluding carboxylic acids is 1. The van der Waals surface area contributed by atoms with Crippen LogP contribution in [0.5, 0.6) is 0 Å². The number of sulfone groups is 1. The minimum atomic E-state index is -4.94. The van der Waals surface area contributed by atoms with Crippen LogP contribution in [0.25, 0.3) is 11.3 Å². The fourth-order valence-corrected chi connectivity index (χ4v) is 5.70. The fourth-order valence-electron chi connectivity index (χ4n) is 2.74. The van der Waals surface area contributed by atoms with Gasteiger partial charge in [-0.1, -0.05) is 29.8 Å². The molecular weight excluding hydrogens is 462 g/mol. The number of halogens is 1. The number of aromatic nitrogens is 2. The van der Waals surface area contributed by atoms with Gasteiger partial charge < -0.3 is 20.8 Å². The first kappa shape index (κ1) is 23.5. The number of rotatable bonds is 6. The number of aryl methyl sites for hydroxylation is 1. The third-order valence-corrected chi connectivity index (χ3v) is 7.93. The number of carbonyl (C=O) groups is 1. The highest BCUT2D eigenvalue weighted by atomic mass is 32.2. The van der Waals surface area contributed by atoms with Gasteiger partial charge in [0.1, 0.15) is 10.7 Å². The smallest absolute Gasteiger partial charge is 0.340 e. The first-order valence-electron chi connectivity index (χ1n) is 8.93. The summed E-state index contributed by atoms with van der Waals surface area (Å²) in [6.45, 7) is 1.92. The second kappa shape index (κ2) is 8.75. The number of nitrogens with zero attached hydrogens (tertiary/aromatic N) is 2. The molecule has 1 aromatic heterocycles. The van der Waals surface area contributed by atoms with Crippen molar-refractivity contribution in [2.45, 2.75) is 11.8 Å². The van der Waals surface area contributed by atoms with E-state index in [4.69, 9.17) is 15.5 Å². The fraction of sp³-hybridized carbons (Fsp3) is 0.105. The maximum atomic E-state index is 14.3. The number of anilines is 2. The Bertz CT molecular complexity index is 1340. The van der Waals surface area contributed by atoms with Gasteiger partial charge in [0.2, 0.25) is 0 Å². The molecule has 3 aromatic rings. The molecule has 0 aliphatic carbocycles. The van der Waals surface area contributed by atoms with Crippen LogP contribution in [-0.4, -0.2) is 39.6 Å². The Morgan fingerprint density at radius 1 is 1.19 bits per heavy atom. The van der Waals surface area contributed by atoms with E-state index in [0.717, 1.165) is 17.7 Å². The van der Waals surface area contributed by atoms with E-state index < -0.39 is 39.5 Å². The first-order valence-corrected chi connectivity index (χ1v) is 12.4. The molecule has 3 rings (SSSR count). The van der Waals surface area contributed by atoms with E-state index in [1.165, 1.54) is 6.20 Å². The molecule has 0 unspecified atom stereocenters. The second-order valence-corrected chi connectivity index (χ2v) is 10.9. The Kier molecular flexibility index (Phi) is 6.42. The van der Waals surface area contributed by atoms with Crippen molar-refractivity contribution in [3.8, 4) is 11.3 Å². The van der Waals surface area contributed by atoms with Crippen LogP contribution in [0.2, 0.25) is 0 Å². The molecule has 0 bridgehead atoms. The van der Waals surface area contributed by atoms with E-state index in [1.807, 2.05) is 19.1 Å². The van der Waals surface area contributed by atoms with E-state index in [2.05, 4.69) is 15.3 Å². The number of hydrogen-bond acceptors (Lipinski definition) is 7. The summed E-state index contributed by atoms with van der Waals surface area (Å²) in [5.74, 6) is -2.27. The summed E-state index contributed by atoms with van der Waals surface area (Å²) in [5, 5.41) is 2.34. The SMILES string of the molecule is Cc1ccc(-c2cnc(N)c(C(=O)Nc3ccc(S(=O)(=O)CP(=O)(O)O)c(F)c3)n2)cc1. The van der Waals surface area contributed by atoms with Gasteiger partial charge in [-0.15, -0.1) is 0 Å². The van der Waals surface area contributed by atoms with Gasteiger partial charge in [-0.05, 0) is 25.1 Å². The maximum Gasteiger partial charge on any atom is 0.340 e. The normalized spacial score (nSPS) is 11.9. The lowest BCUT2D eigenvalue weighted by atomic mass is 10.1. The van der Waals surface area contributed by atoms with Crippen LogP contribution < -0.4 is 11.1 Å². The average molecular weight is 480 g/mol. The number of hydrogen-bond donors (Lipinski definition) is 4. The van der Waals surface area contributed by atoms with Gasteiger partial charge in [-0.2, -0.15) is 0 Å². The number of nitrogens with two attached hydrogens (primary N) is 1. The van der Waals surface area contributed by atoms with Crippen LogP contribution in [-0.2, 0) is 14.4 Å². The molecule has 10 nitrogen and oxygen atoms in total. The minimum Gasteiger partial charge on any atom is -0.382 e. The van der Waals surface area contributed by atoms with Gasteiger partial charge in [0, 0.05) is 11.3 Å². The highest BCUT2D eigenvalue weighted by Crippen LogP contribution is 2.38. The van der Waals surface area contributed by atoms with Gasteiger partial charge in [-0.25, -0.2) is 22.8 Å². The lowest BCUT2D eigenvalue weighted by molar-refractivity contribution is 0.102. The zero-order valence-electron chi connectivity index (χ0n) is 16.6. The topological polar surface area (TPSA) is 173 Å². The van der Waals surface area contributed by atoms with Crippen molar-refractivity contribution in [3.63, 3.8) is 0 Å². The van der Waals surface area contributed by atoms with Crippen molar-refractivity contribution in [1.82, 2.24) is 9.97 Å². The van der Waals surface area contributed by atoms with Crippen LogP contribution >= 0.6 is 7.60 Å². The summed E-state index contributed by atoms with van der Waals surface area (Å²) in [7, 11) is -9.52. The molecule has 5 N–H and O–H groups in total. The quantitative estimate of drug-likeness (QED) is 0.386. The summed E-state index contributed by atoms with van der Waals surface area (Å²) < 4.78 is 49.3. The van der Waals surface area contributed by atoms with Crippen molar-refractivity contribution >= 4 is 34.8 Å². The van der Waals surface area contributed by atoms with E-state index >= 15 is 0 Å². The molecule has 13 heteroatoms. The molecule has 0 saturated heterocycles. The molecule has 0 fully saturated rings. The first-order chi connectivity index (χ1) is 14.9. The number of amides is 1. The molecule has 0 radical (unpaired) electrons. The largest absolute Gasteiger partial charge is 0.382 e. The third-order valence-electron chi connectivity index (χ3n) is 4.23. The van der Waals surface area contributed by atoms with Crippen molar-refractivity contribution in [1.29, 1.82) is 0 Å². The van der Waals surface area contributed by atoms with Gasteiger partial charge in [0.05, 0.1) is 11.9 Å². The Labute approximate surface area is 182 Å². The maximum absolute atomic E-state index is 14.3. The van der Waals surface area contributed by atoms with Crippen LogP contribution in [0.15, 0.2) is 53.6 Å². The molecule has 168 valence electrons. The molecule has 0 atom stereocenters. The number of nitrogen functional groups attached to an aromatic ring is 1.